The summed E-state index contributed by atoms with van der Waals surface area (Å²) in [5.41, 5.74) is 0. The summed E-state index contributed by atoms with van der Waals surface area (Å²) in [5, 5.41) is 0. The van der Waals surface area contributed by atoms with Crippen molar-refractivity contribution < 1.29 is 9.53 Å². The molecular formula is C10H16O2. The van der Waals surface area contributed by atoms with Crippen LogP contribution >= 0.6 is 0 Å². The molecule has 0 spiro atoms. The molecule has 0 saturated heterocycles. The minimum absolute atomic E-state index is 0.147. The molecule has 68 valence electrons. The summed E-state index contributed by atoms with van der Waals surface area (Å²) >= 11 is 0. The molecule has 0 N–H and O–H groups in total. The molecule has 12 heavy (non-hydrogen) atoms. The van der Waals surface area contributed by atoms with Crippen molar-refractivity contribution in [3.8, 4) is 0 Å². The second-order valence-electron chi connectivity index (χ2n) is 3.36. The lowest BCUT2D eigenvalue weighted by molar-refractivity contribution is -0.142. The summed E-state index contributed by atoms with van der Waals surface area (Å²) in [4.78, 5) is 10.5. The highest BCUT2D eigenvalue weighted by Crippen LogP contribution is 2.37. The fourth-order valence-electron chi connectivity index (χ4n) is 1.41. The number of unbranched alkanes of at least 4 members (excludes halogenated alkanes) is 1. The highest BCUT2D eigenvalue weighted by Gasteiger charge is 2.39. The molecule has 0 aromatic carbocycles. The third kappa shape index (κ3) is 3.07. The number of hydrogen-bond acceptors (Lipinski definition) is 2. The Balaban J connectivity index is 2.00. The number of hydrogen-bond donors (Lipinski definition) is 0. The van der Waals surface area contributed by atoms with Gasteiger partial charge in [0, 0.05) is 6.92 Å². The van der Waals surface area contributed by atoms with E-state index in [0.29, 0.717) is 5.92 Å². The van der Waals surface area contributed by atoms with Gasteiger partial charge >= 0.3 is 5.97 Å². The molecule has 1 aliphatic carbocycles. The minimum Gasteiger partial charge on any atom is -0.462 e. The zero-order chi connectivity index (χ0) is 8.97. The van der Waals surface area contributed by atoms with E-state index in [9.17, 15) is 4.79 Å². The SMILES string of the molecule is C=CCCC[C@@H]1C[C@H]1OC(C)=O. The fourth-order valence-corrected chi connectivity index (χ4v) is 1.41. The van der Waals surface area contributed by atoms with Gasteiger partial charge in [0.25, 0.3) is 0 Å². The molecule has 0 heterocycles. The van der Waals surface area contributed by atoms with E-state index in [-0.39, 0.29) is 12.1 Å². The van der Waals surface area contributed by atoms with Crippen molar-refractivity contribution in [1.29, 1.82) is 0 Å². The lowest BCUT2D eigenvalue weighted by Crippen LogP contribution is -2.02. The lowest BCUT2D eigenvalue weighted by Gasteiger charge is -1.99. The third-order valence-corrected chi connectivity index (χ3v) is 2.16. The van der Waals surface area contributed by atoms with Gasteiger partial charge in [0.05, 0.1) is 0 Å². The van der Waals surface area contributed by atoms with Crippen LogP contribution in [0.3, 0.4) is 0 Å². The number of allylic oxidation sites excluding steroid dienone is 1. The second kappa shape index (κ2) is 4.29. The van der Waals surface area contributed by atoms with Crippen molar-refractivity contribution in [1.82, 2.24) is 0 Å². The van der Waals surface area contributed by atoms with E-state index in [2.05, 4.69) is 6.58 Å². The number of rotatable bonds is 5. The van der Waals surface area contributed by atoms with E-state index in [1.54, 1.807) is 0 Å². The zero-order valence-electron chi connectivity index (χ0n) is 7.58. The molecule has 2 nitrogen and oxygen atoms in total. The molecule has 0 radical (unpaired) electrons. The van der Waals surface area contributed by atoms with Crippen molar-refractivity contribution in [3.05, 3.63) is 12.7 Å². The molecule has 2 heteroatoms. The summed E-state index contributed by atoms with van der Waals surface area (Å²) in [5.74, 6) is 0.486. The van der Waals surface area contributed by atoms with Crippen LogP contribution in [0.4, 0.5) is 0 Å². The monoisotopic (exact) mass is 168 g/mol. The molecule has 0 aliphatic heterocycles. The predicted octanol–water partition coefficient (Wildman–Crippen LogP) is 2.29. The Morgan fingerprint density at radius 2 is 2.50 bits per heavy atom. The van der Waals surface area contributed by atoms with Crippen LogP contribution in [0.2, 0.25) is 0 Å². The predicted molar refractivity (Wildman–Crippen MR) is 47.7 cm³/mol. The Bertz CT molecular complexity index is 175. The van der Waals surface area contributed by atoms with Crippen LogP contribution in [0.15, 0.2) is 12.7 Å². The quantitative estimate of drug-likeness (QED) is 0.357. The Kier molecular flexibility index (Phi) is 3.32. The van der Waals surface area contributed by atoms with E-state index in [4.69, 9.17) is 4.74 Å². The summed E-state index contributed by atoms with van der Waals surface area (Å²) in [7, 11) is 0. The first-order valence-corrected chi connectivity index (χ1v) is 4.52. The Morgan fingerprint density at radius 3 is 3.08 bits per heavy atom. The second-order valence-corrected chi connectivity index (χ2v) is 3.36. The van der Waals surface area contributed by atoms with Gasteiger partial charge in [0.2, 0.25) is 0 Å². The van der Waals surface area contributed by atoms with Gasteiger partial charge in [0.15, 0.2) is 0 Å². The van der Waals surface area contributed by atoms with Gasteiger partial charge in [-0.1, -0.05) is 6.08 Å². The number of ether oxygens (including phenoxy) is 1. The van der Waals surface area contributed by atoms with Crippen LogP contribution in [0.25, 0.3) is 0 Å². The maximum atomic E-state index is 10.5. The van der Waals surface area contributed by atoms with Gasteiger partial charge in [-0.2, -0.15) is 0 Å². The highest BCUT2D eigenvalue weighted by atomic mass is 16.5. The fraction of sp³-hybridized carbons (Fsp3) is 0.700. The molecule has 2 atom stereocenters. The Morgan fingerprint density at radius 1 is 1.75 bits per heavy atom. The van der Waals surface area contributed by atoms with Gasteiger partial charge in [-0.25, -0.2) is 0 Å². The summed E-state index contributed by atoms with van der Waals surface area (Å²) < 4.78 is 5.04. The first-order valence-electron chi connectivity index (χ1n) is 4.52. The normalized spacial score (nSPS) is 26.4. The van der Waals surface area contributed by atoms with E-state index < -0.39 is 0 Å². The Labute approximate surface area is 73.6 Å². The van der Waals surface area contributed by atoms with Crippen molar-refractivity contribution in [2.24, 2.45) is 5.92 Å². The highest BCUT2D eigenvalue weighted by molar-refractivity contribution is 5.66. The average Bonchev–Trinajstić information content (AvgIpc) is 2.67. The van der Waals surface area contributed by atoms with E-state index in [1.807, 2.05) is 6.08 Å². The summed E-state index contributed by atoms with van der Waals surface area (Å²) in [6.07, 6.45) is 6.64. The van der Waals surface area contributed by atoms with Gasteiger partial charge in [-0.3, -0.25) is 4.79 Å². The van der Waals surface area contributed by atoms with Crippen LogP contribution in [-0.2, 0) is 9.53 Å². The van der Waals surface area contributed by atoms with Gasteiger partial charge in [-0.05, 0) is 31.6 Å². The van der Waals surface area contributed by atoms with E-state index in [1.165, 1.54) is 19.8 Å². The molecule has 0 bridgehead atoms. The van der Waals surface area contributed by atoms with E-state index in [0.717, 1.165) is 12.8 Å². The third-order valence-electron chi connectivity index (χ3n) is 2.16. The van der Waals surface area contributed by atoms with Crippen molar-refractivity contribution in [2.75, 3.05) is 0 Å². The van der Waals surface area contributed by atoms with Crippen LogP contribution < -0.4 is 0 Å². The first kappa shape index (κ1) is 9.30. The number of esters is 1. The van der Waals surface area contributed by atoms with Crippen molar-refractivity contribution >= 4 is 5.97 Å². The first-order chi connectivity index (χ1) is 5.74. The van der Waals surface area contributed by atoms with Crippen molar-refractivity contribution in [2.45, 2.75) is 38.7 Å². The number of carbonyl (C=O) groups excluding carboxylic acids is 1. The largest absolute Gasteiger partial charge is 0.462 e. The molecule has 0 aromatic rings. The molecule has 1 fully saturated rings. The molecule has 1 rings (SSSR count). The topological polar surface area (TPSA) is 26.3 Å². The molecule has 0 amide bonds. The average molecular weight is 168 g/mol. The lowest BCUT2D eigenvalue weighted by atomic mass is 10.2. The molecule has 0 aromatic heterocycles. The van der Waals surface area contributed by atoms with Crippen LogP contribution in [0, 0.1) is 5.92 Å². The van der Waals surface area contributed by atoms with Gasteiger partial charge in [0.1, 0.15) is 6.10 Å². The van der Waals surface area contributed by atoms with E-state index >= 15 is 0 Å². The molecule has 1 saturated carbocycles. The molecular weight excluding hydrogens is 152 g/mol. The van der Waals surface area contributed by atoms with Gasteiger partial charge < -0.3 is 4.74 Å². The van der Waals surface area contributed by atoms with Crippen LogP contribution in [0.5, 0.6) is 0 Å². The van der Waals surface area contributed by atoms with Gasteiger partial charge in [-0.15, -0.1) is 6.58 Å². The standard InChI is InChI=1S/C10H16O2/c1-3-4-5-6-9-7-10(9)12-8(2)11/h3,9-10H,1,4-7H2,2H3/t9-,10-/m1/s1. The smallest absolute Gasteiger partial charge is 0.302 e. The molecule has 0 unspecified atom stereocenters. The summed E-state index contributed by atoms with van der Waals surface area (Å²) in [6, 6.07) is 0. The van der Waals surface area contributed by atoms with Crippen LogP contribution in [0.1, 0.15) is 32.6 Å². The summed E-state index contributed by atoms with van der Waals surface area (Å²) in [6.45, 7) is 5.13. The molecule has 1 aliphatic rings. The Hall–Kier alpha value is -0.790. The van der Waals surface area contributed by atoms with Crippen LogP contribution in [-0.4, -0.2) is 12.1 Å². The maximum absolute atomic E-state index is 10.5. The maximum Gasteiger partial charge on any atom is 0.302 e. The zero-order valence-corrected chi connectivity index (χ0v) is 7.58. The number of carbonyl (C=O) groups is 1. The van der Waals surface area contributed by atoms with Crippen molar-refractivity contribution in [3.63, 3.8) is 0 Å². The minimum atomic E-state index is -0.147.